The average molecular weight is 342 g/mol. The summed E-state index contributed by atoms with van der Waals surface area (Å²) in [7, 11) is 0. The molecule has 1 aliphatic rings. The molecule has 1 saturated heterocycles. The topological polar surface area (TPSA) is 72.7 Å². The number of rotatable bonds is 5. The molecule has 1 heterocycles. The van der Waals surface area contributed by atoms with Gasteiger partial charge in [-0.15, -0.1) is 0 Å². The summed E-state index contributed by atoms with van der Waals surface area (Å²) in [5.74, 6) is -0.433. The molecule has 0 spiro atoms. The van der Waals surface area contributed by atoms with E-state index in [0.29, 0.717) is 18.2 Å². The molecule has 0 aromatic heterocycles. The van der Waals surface area contributed by atoms with Gasteiger partial charge in [-0.3, -0.25) is 15.0 Å². The fourth-order valence-corrected chi connectivity index (χ4v) is 2.72. The SMILES string of the molecule is CC1CCCCCN1CCOC(=O)c1ccc([N+](=O)[O-])cc1.[Cl-]. The Hall–Kier alpha value is -1.66. The predicted molar refractivity (Wildman–Crippen MR) is 82.9 cm³/mol. The van der Waals surface area contributed by atoms with E-state index in [1.807, 2.05) is 0 Å². The van der Waals surface area contributed by atoms with E-state index >= 15 is 0 Å². The number of carbonyl (C=O) groups excluding carboxylic acids is 1. The largest absolute Gasteiger partial charge is 1.00 e. The van der Waals surface area contributed by atoms with Gasteiger partial charge in [-0.25, -0.2) is 4.79 Å². The summed E-state index contributed by atoms with van der Waals surface area (Å²) < 4.78 is 5.27. The Morgan fingerprint density at radius 1 is 1.30 bits per heavy atom. The number of nitro groups is 1. The normalized spacial score (nSPS) is 18.6. The van der Waals surface area contributed by atoms with E-state index in [0.717, 1.165) is 13.1 Å². The molecule has 1 atom stereocenters. The van der Waals surface area contributed by atoms with Crippen molar-refractivity contribution in [3.05, 3.63) is 39.9 Å². The Morgan fingerprint density at radius 3 is 2.65 bits per heavy atom. The highest BCUT2D eigenvalue weighted by Crippen LogP contribution is 2.16. The summed E-state index contributed by atoms with van der Waals surface area (Å²) in [4.78, 5) is 24.3. The molecule has 0 amide bonds. The maximum absolute atomic E-state index is 11.9. The molecule has 0 saturated carbocycles. The van der Waals surface area contributed by atoms with Crippen LogP contribution in [0.25, 0.3) is 0 Å². The molecule has 2 rings (SSSR count). The molecule has 1 fully saturated rings. The third kappa shape index (κ3) is 5.80. The molecule has 23 heavy (non-hydrogen) atoms. The van der Waals surface area contributed by atoms with Crippen LogP contribution < -0.4 is 12.4 Å². The number of hydrogen-bond donors (Lipinski definition) is 0. The van der Waals surface area contributed by atoms with Crippen molar-refractivity contribution in [3.8, 4) is 0 Å². The Balaban J connectivity index is 0.00000264. The summed E-state index contributed by atoms with van der Waals surface area (Å²) >= 11 is 0. The van der Waals surface area contributed by atoms with Gasteiger partial charge in [0.15, 0.2) is 0 Å². The zero-order chi connectivity index (χ0) is 15.9. The van der Waals surface area contributed by atoms with Crippen molar-refractivity contribution in [2.75, 3.05) is 19.7 Å². The van der Waals surface area contributed by atoms with Crippen molar-refractivity contribution in [1.82, 2.24) is 4.90 Å². The van der Waals surface area contributed by atoms with Crippen molar-refractivity contribution < 1.29 is 26.9 Å². The number of halogens is 1. The average Bonchev–Trinajstić information content (AvgIpc) is 2.72. The molecular weight excluding hydrogens is 320 g/mol. The molecule has 128 valence electrons. The lowest BCUT2D eigenvalue weighted by Crippen LogP contribution is -3.00. The van der Waals surface area contributed by atoms with E-state index < -0.39 is 10.9 Å². The number of non-ortho nitro benzene ring substituents is 1. The molecule has 0 aliphatic carbocycles. The second-order valence-corrected chi connectivity index (χ2v) is 5.67. The van der Waals surface area contributed by atoms with Gasteiger partial charge < -0.3 is 17.1 Å². The molecule has 0 N–H and O–H groups in total. The van der Waals surface area contributed by atoms with Crippen LogP contribution in [-0.4, -0.2) is 41.5 Å². The molecule has 1 aromatic carbocycles. The molecule has 1 aliphatic heterocycles. The smallest absolute Gasteiger partial charge is 0.338 e. The van der Waals surface area contributed by atoms with E-state index in [2.05, 4.69) is 11.8 Å². The minimum absolute atomic E-state index is 0. The van der Waals surface area contributed by atoms with Crippen molar-refractivity contribution in [3.63, 3.8) is 0 Å². The maximum Gasteiger partial charge on any atom is 0.338 e. The van der Waals surface area contributed by atoms with E-state index in [1.54, 1.807) is 0 Å². The van der Waals surface area contributed by atoms with E-state index in [1.165, 1.54) is 49.9 Å². The maximum atomic E-state index is 11.9. The Bertz CT molecular complexity index is 521. The number of ether oxygens (including phenoxy) is 1. The predicted octanol–water partition coefficient (Wildman–Crippen LogP) is 0.0201. The fraction of sp³-hybridized carbons (Fsp3) is 0.562. The summed E-state index contributed by atoms with van der Waals surface area (Å²) in [6.07, 6.45) is 4.92. The lowest BCUT2D eigenvalue weighted by molar-refractivity contribution is -0.384. The molecule has 6 nitrogen and oxygen atoms in total. The third-order valence-corrected chi connectivity index (χ3v) is 4.12. The Morgan fingerprint density at radius 2 is 2.00 bits per heavy atom. The Labute approximate surface area is 142 Å². The highest BCUT2D eigenvalue weighted by molar-refractivity contribution is 5.89. The molecule has 7 heteroatoms. The van der Waals surface area contributed by atoms with Crippen molar-refractivity contribution in [1.29, 1.82) is 0 Å². The summed E-state index contributed by atoms with van der Waals surface area (Å²) in [6, 6.07) is 6.01. The number of nitro benzene ring substituents is 1. The van der Waals surface area contributed by atoms with Gasteiger partial charge >= 0.3 is 5.97 Å². The van der Waals surface area contributed by atoms with Gasteiger partial charge in [0, 0.05) is 24.7 Å². The van der Waals surface area contributed by atoms with Crippen LogP contribution in [0, 0.1) is 10.1 Å². The van der Waals surface area contributed by atoms with Crippen molar-refractivity contribution in [2.45, 2.75) is 38.6 Å². The van der Waals surface area contributed by atoms with Crippen LogP contribution >= 0.6 is 0 Å². The first-order valence-corrected chi connectivity index (χ1v) is 7.73. The minimum Gasteiger partial charge on any atom is -1.00 e. The number of esters is 1. The molecular formula is C16H22ClN2O4-. The molecule has 1 unspecified atom stereocenters. The molecule has 1 aromatic rings. The van der Waals surface area contributed by atoms with Gasteiger partial charge in [0.1, 0.15) is 6.61 Å². The number of nitrogens with zero attached hydrogens (tertiary/aromatic N) is 2. The monoisotopic (exact) mass is 341 g/mol. The number of hydrogen-bond acceptors (Lipinski definition) is 5. The van der Waals surface area contributed by atoms with Crippen LogP contribution in [-0.2, 0) is 4.74 Å². The Kier molecular flexibility index (Phi) is 7.98. The van der Waals surface area contributed by atoms with Gasteiger partial charge in [0.05, 0.1) is 10.5 Å². The first-order chi connectivity index (χ1) is 10.6. The van der Waals surface area contributed by atoms with Gasteiger partial charge in [-0.05, 0) is 38.4 Å². The van der Waals surface area contributed by atoms with Crippen molar-refractivity contribution in [2.24, 2.45) is 0 Å². The number of carbonyl (C=O) groups is 1. The lowest BCUT2D eigenvalue weighted by Gasteiger charge is -2.26. The second-order valence-electron chi connectivity index (χ2n) is 5.67. The van der Waals surface area contributed by atoms with Gasteiger partial charge in [0.2, 0.25) is 0 Å². The highest BCUT2D eigenvalue weighted by Gasteiger charge is 2.17. The number of benzene rings is 1. The standard InChI is InChI=1S/C16H22N2O4.ClH/c1-13-5-3-2-4-10-17(13)11-12-22-16(19)14-6-8-15(9-7-14)18(20)21;/h6-9,13H,2-5,10-12H2,1H3;1H/p-1. The zero-order valence-electron chi connectivity index (χ0n) is 13.2. The number of likely N-dealkylation sites (tertiary alicyclic amines) is 1. The fourth-order valence-electron chi connectivity index (χ4n) is 2.72. The van der Waals surface area contributed by atoms with E-state index in [4.69, 9.17) is 4.74 Å². The van der Waals surface area contributed by atoms with Crippen molar-refractivity contribution >= 4 is 11.7 Å². The first kappa shape index (κ1) is 19.4. The van der Waals surface area contributed by atoms with Crippen LogP contribution in [0.2, 0.25) is 0 Å². The van der Waals surface area contributed by atoms with Gasteiger partial charge in [-0.2, -0.15) is 0 Å². The van der Waals surface area contributed by atoms with Crippen LogP contribution in [0.15, 0.2) is 24.3 Å². The molecule has 0 radical (unpaired) electrons. The van der Waals surface area contributed by atoms with E-state index in [-0.39, 0.29) is 18.1 Å². The summed E-state index contributed by atoms with van der Waals surface area (Å²) in [6.45, 7) is 4.35. The summed E-state index contributed by atoms with van der Waals surface area (Å²) in [5.41, 5.74) is 0.310. The van der Waals surface area contributed by atoms with Crippen LogP contribution in [0.1, 0.15) is 43.0 Å². The summed E-state index contributed by atoms with van der Waals surface area (Å²) in [5, 5.41) is 10.6. The van der Waals surface area contributed by atoms with Gasteiger partial charge in [0.25, 0.3) is 5.69 Å². The highest BCUT2D eigenvalue weighted by atomic mass is 35.5. The van der Waals surface area contributed by atoms with Crippen LogP contribution in [0.3, 0.4) is 0 Å². The quantitative estimate of drug-likeness (QED) is 0.429. The zero-order valence-corrected chi connectivity index (χ0v) is 14.0. The van der Waals surface area contributed by atoms with Crippen LogP contribution in [0.4, 0.5) is 5.69 Å². The first-order valence-electron chi connectivity index (χ1n) is 7.73. The lowest BCUT2D eigenvalue weighted by atomic mass is 10.1. The second kappa shape index (κ2) is 9.47. The molecule has 0 bridgehead atoms. The third-order valence-electron chi connectivity index (χ3n) is 4.12. The van der Waals surface area contributed by atoms with Crippen LogP contribution in [0.5, 0.6) is 0 Å². The van der Waals surface area contributed by atoms with Gasteiger partial charge in [-0.1, -0.05) is 12.8 Å². The van der Waals surface area contributed by atoms with E-state index in [9.17, 15) is 14.9 Å². The minimum atomic E-state index is -0.490.